The Morgan fingerprint density at radius 1 is 0.909 bits per heavy atom. The van der Waals surface area contributed by atoms with Crippen molar-refractivity contribution in [2.24, 2.45) is 0 Å². The molecule has 0 aromatic heterocycles. The van der Waals surface area contributed by atoms with Gasteiger partial charge in [0.1, 0.15) is 6.04 Å². The maximum atomic E-state index is 13.3. The van der Waals surface area contributed by atoms with E-state index < -0.39 is 17.9 Å². The summed E-state index contributed by atoms with van der Waals surface area (Å²) < 4.78 is 0. The highest BCUT2D eigenvalue weighted by Crippen LogP contribution is 2.26. The van der Waals surface area contributed by atoms with Crippen LogP contribution in [0.4, 0.5) is 11.4 Å². The minimum Gasteiger partial charge on any atom is -0.326 e. The molecule has 0 saturated carbocycles. The quantitative estimate of drug-likeness (QED) is 0.523. The number of para-hydroxylation sites is 2. The molecule has 3 aromatic rings. The predicted molar refractivity (Wildman–Crippen MR) is 131 cm³/mol. The molecule has 1 fully saturated rings. The van der Waals surface area contributed by atoms with Crippen LogP contribution in [0.15, 0.2) is 84.9 Å². The summed E-state index contributed by atoms with van der Waals surface area (Å²) in [5, 5.41) is 4.60. The van der Waals surface area contributed by atoms with E-state index in [1.54, 1.807) is 72.8 Å². The molecule has 166 valence electrons. The lowest BCUT2D eigenvalue weighted by Crippen LogP contribution is -2.49. The maximum absolute atomic E-state index is 13.3. The Kier molecular flexibility index (Phi) is 6.67. The average Bonchev–Trinajstić information content (AvgIpc) is 3.04. The summed E-state index contributed by atoms with van der Waals surface area (Å²) >= 11 is 11.4. The fourth-order valence-corrected chi connectivity index (χ4v) is 3.89. The Morgan fingerprint density at radius 3 is 2.15 bits per heavy atom. The average molecular weight is 479 g/mol. The van der Waals surface area contributed by atoms with Crippen molar-refractivity contribution in [2.45, 2.75) is 12.5 Å². The summed E-state index contributed by atoms with van der Waals surface area (Å²) in [7, 11) is 0. The van der Waals surface area contributed by atoms with Gasteiger partial charge in [-0.05, 0) is 60.7 Å². The molecular weight excluding hydrogens is 460 g/mol. The number of amides is 3. The molecule has 1 saturated heterocycles. The summed E-state index contributed by atoms with van der Waals surface area (Å²) in [6.45, 7) is 0. The highest BCUT2D eigenvalue weighted by molar-refractivity contribution is 7.80. The highest BCUT2D eigenvalue weighted by Gasteiger charge is 2.45. The molecule has 1 unspecified atom stereocenters. The smallest absolute Gasteiger partial charge is 0.269 e. The van der Waals surface area contributed by atoms with Crippen molar-refractivity contribution in [1.29, 1.82) is 0 Å². The standard InChI is InChI=1S/C24H19ClN4O3S/c25-17-13-11-16(12-14-17)22(31)27-29-20(15-21(30)26-18-7-3-1-4-8-18)23(32)28(24(29)33)19-9-5-2-6-10-19/h1-14,20H,15H2,(H,26,30)(H,27,31). The van der Waals surface area contributed by atoms with Crippen molar-refractivity contribution in [2.75, 3.05) is 10.2 Å². The molecule has 2 N–H and O–H groups in total. The molecule has 0 bridgehead atoms. The van der Waals surface area contributed by atoms with Gasteiger partial charge in [-0.25, -0.2) is 5.01 Å². The summed E-state index contributed by atoms with van der Waals surface area (Å²) in [4.78, 5) is 40.2. The first kappa shape index (κ1) is 22.4. The van der Waals surface area contributed by atoms with Crippen LogP contribution in [0.5, 0.6) is 0 Å². The van der Waals surface area contributed by atoms with Crippen LogP contribution in [0, 0.1) is 0 Å². The molecule has 4 rings (SSSR count). The third kappa shape index (κ3) is 5.02. The van der Waals surface area contributed by atoms with E-state index in [0.717, 1.165) is 0 Å². The van der Waals surface area contributed by atoms with Crippen molar-refractivity contribution >= 4 is 58.0 Å². The number of hydrogen-bond donors (Lipinski definition) is 2. The third-order valence-electron chi connectivity index (χ3n) is 4.99. The highest BCUT2D eigenvalue weighted by atomic mass is 35.5. The lowest BCUT2D eigenvalue weighted by molar-refractivity contribution is -0.124. The van der Waals surface area contributed by atoms with E-state index in [4.69, 9.17) is 23.8 Å². The van der Waals surface area contributed by atoms with Crippen LogP contribution in [-0.4, -0.2) is 33.9 Å². The summed E-state index contributed by atoms with van der Waals surface area (Å²) in [6.07, 6.45) is -0.210. The van der Waals surface area contributed by atoms with Gasteiger partial charge in [-0.2, -0.15) is 0 Å². The van der Waals surface area contributed by atoms with Gasteiger partial charge in [-0.1, -0.05) is 48.0 Å². The van der Waals surface area contributed by atoms with Crippen molar-refractivity contribution < 1.29 is 14.4 Å². The molecule has 0 radical (unpaired) electrons. The van der Waals surface area contributed by atoms with Crippen LogP contribution in [0.1, 0.15) is 16.8 Å². The molecule has 1 aliphatic heterocycles. The second kappa shape index (κ2) is 9.81. The first-order valence-corrected chi connectivity index (χ1v) is 10.9. The van der Waals surface area contributed by atoms with Crippen molar-refractivity contribution in [3.8, 4) is 0 Å². The van der Waals surface area contributed by atoms with E-state index in [9.17, 15) is 14.4 Å². The van der Waals surface area contributed by atoms with Gasteiger partial charge < -0.3 is 5.32 Å². The fraction of sp³-hybridized carbons (Fsp3) is 0.0833. The van der Waals surface area contributed by atoms with E-state index in [0.29, 0.717) is 22.0 Å². The monoisotopic (exact) mass is 478 g/mol. The molecule has 3 aromatic carbocycles. The maximum Gasteiger partial charge on any atom is 0.269 e. The SMILES string of the molecule is O=C(CC1C(=O)N(c2ccccc2)C(=S)N1NC(=O)c1ccc(Cl)cc1)Nc1ccccc1. The van der Waals surface area contributed by atoms with E-state index in [1.807, 2.05) is 12.1 Å². The number of thiocarbonyl (C=S) groups is 1. The largest absolute Gasteiger partial charge is 0.326 e. The number of carbonyl (C=O) groups is 3. The Balaban J connectivity index is 1.59. The Bertz CT molecular complexity index is 1190. The minimum atomic E-state index is -1.02. The van der Waals surface area contributed by atoms with Gasteiger partial charge >= 0.3 is 0 Å². The topological polar surface area (TPSA) is 81.8 Å². The number of hydrogen-bond acceptors (Lipinski definition) is 4. The summed E-state index contributed by atoms with van der Waals surface area (Å²) in [5.74, 6) is -1.28. The van der Waals surface area contributed by atoms with Crippen LogP contribution in [0.2, 0.25) is 5.02 Å². The summed E-state index contributed by atoms with van der Waals surface area (Å²) in [5.41, 5.74) is 4.16. The number of anilines is 2. The van der Waals surface area contributed by atoms with E-state index in [2.05, 4.69) is 10.7 Å². The van der Waals surface area contributed by atoms with Crippen molar-refractivity contribution in [3.63, 3.8) is 0 Å². The molecule has 0 aliphatic carbocycles. The van der Waals surface area contributed by atoms with Crippen molar-refractivity contribution in [1.82, 2.24) is 10.4 Å². The molecule has 1 aliphatic rings. The predicted octanol–water partition coefficient (Wildman–Crippen LogP) is 4.02. The second-order valence-corrected chi connectivity index (χ2v) is 8.05. The van der Waals surface area contributed by atoms with Crippen LogP contribution in [0.3, 0.4) is 0 Å². The normalized spacial score (nSPS) is 15.5. The number of nitrogens with zero attached hydrogens (tertiary/aromatic N) is 2. The fourth-order valence-electron chi connectivity index (χ4n) is 3.40. The van der Waals surface area contributed by atoms with Gasteiger partial charge in [-0.15, -0.1) is 0 Å². The molecular formula is C24H19ClN4O3S. The Morgan fingerprint density at radius 2 is 1.52 bits per heavy atom. The first-order chi connectivity index (χ1) is 15.9. The molecule has 7 nitrogen and oxygen atoms in total. The van der Waals surface area contributed by atoms with Gasteiger partial charge in [0.15, 0.2) is 0 Å². The van der Waals surface area contributed by atoms with Gasteiger partial charge in [-0.3, -0.25) is 24.7 Å². The zero-order valence-electron chi connectivity index (χ0n) is 17.3. The van der Waals surface area contributed by atoms with Gasteiger partial charge in [0.05, 0.1) is 12.1 Å². The minimum absolute atomic E-state index is 0.0750. The number of halogens is 1. The van der Waals surface area contributed by atoms with Crippen molar-refractivity contribution in [3.05, 3.63) is 95.5 Å². The lowest BCUT2D eigenvalue weighted by atomic mass is 10.1. The lowest BCUT2D eigenvalue weighted by Gasteiger charge is -2.24. The van der Waals surface area contributed by atoms with Gasteiger partial charge in [0.2, 0.25) is 11.0 Å². The zero-order chi connectivity index (χ0) is 23.4. The van der Waals surface area contributed by atoms with Crippen LogP contribution < -0.4 is 15.6 Å². The number of carbonyl (C=O) groups excluding carboxylic acids is 3. The van der Waals surface area contributed by atoms with E-state index in [1.165, 1.54) is 9.91 Å². The molecule has 1 atom stereocenters. The van der Waals surface area contributed by atoms with Crippen LogP contribution in [0.25, 0.3) is 0 Å². The van der Waals surface area contributed by atoms with Crippen LogP contribution >= 0.6 is 23.8 Å². The van der Waals surface area contributed by atoms with Gasteiger partial charge in [0, 0.05) is 16.3 Å². The Labute approximate surface area is 200 Å². The molecule has 0 spiro atoms. The zero-order valence-corrected chi connectivity index (χ0v) is 18.8. The van der Waals surface area contributed by atoms with E-state index >= 15 is 0 Å². The Hall–Kier alpha value is -3.75. The van der Waals surface area contributed by atoms with E-state index in [-0.39, 0.29) is 17.4 Å². The number of nitrogens with one attached hydrogen (secondary N) is 2. The second-order valence-electron chi connectivity index (χ2n) is 7.24. The van der Waals surface area contributed by atoms with Gasteiger partial charge in [0.25, 0.3) is 11.8 Å². The molecule has 33 heavy (non-hydrogen) atoms. The molecule has 1 heterocycles. The van der Waals surface area contributed by atoms with Crippen LogP contribution in [-0.2, 0) is 9.59 Å². The number of benzene rings is 3. The number of hydrazine groups is 1. The molecule has 9 heteroatoms. The number of rotatable bonds is 6. The third-order valence-corrected chi connectivity index (χ3v) is 5.62. The summed E-state index contributed by atoms with van der Waals surface area (Å²) in [6, 6.07) is 23.0. The molecule has 3 amide bonds. The first-order valence-electron chi connectivity index (χ1n) is 10.1.